The highest BCUT2D eigenvalue weighted by molar-refractivity contribution is 5.92. The Morgan fingerprint density at radius 2 is 2.10 bits per heavy atom. The van der Waals surface area contributed by atoms with E-state index in [0.717, 1.165) is 26.1 Å². The van der Waals surface area contributed by atoms with Crippen molar-refractivity contribution in [2.45, 2.75) is 38.3 Å². The molecule has 0 aliphatic carbocycles. The summed E-state index contributed by atoms with van der Waals surface area (Å²) in [6.45, 7) is 4.43. The zero-order chi connectivity index (χ0) is 14.8. The van der Waals surface area contributed by atoms with Crippen molar-refractivity contribution in [2.75, 3.05) is 32.0 Å². The van der Waals surface area contributed by atoms with Gasteiger partial charge < -0.3 is 10.2 Å². The van der Waals surface area contributed by atoms with Crippen LogP contribution in [0.15, 0.2) is 12.4 Å². The molecule has 1 amide bonds. The zero-order valence-electron chi connectivity index (χ0n) is 12.7. The summed E-state index contributed by atoms with van der Waals surface area (Å²) in [5.74, 6) is 0.718. The monoisotopic (exact) mass is 289 g/mol. The number of hydrogen-bond acceptors (Lipinski definition) is 5. The maximum absolute atomic E-state index is 12.6. The Balaban J connectivity index is 1.70. The molecule has 2 bridgehead atoms. The van der Waals surface area contributed by atoms with Gasteiger partial charge in [-0.3, -0.25) is 9.69 Å². The number of likely N-dealkylation sites (N-methyl/N-ethyl adjacent to an activating group) is 1. The van der Waals surface area contributed by atoms with Gasteiger partial charge in [-0.1, -0.05) is 0 Å². The molecule has 21 heavy (non-hydrogen) atoms. The molecule has 0 radical (unpaired) electrons. The largest absolute Gasteiger partial charge is 0.369 e. The molecule has 2 atom stereocenters. The quantitative estimate of drug-likeness (QED) is 0.906. The molecule has 2 aliphatic rings. The Bertz CT molecular complexity index is 503. The highest BCUT2D eigenvalue weighted by Crippen LogP contribution is 2.28. The highest BCUT2D eigenvalue weighted by atomic mass is 16.2. The van der Waals surface area contributed by atoms with Gasteiger partial charge in [0.25, 0.3) is 5.91 Å². The van der Waals surface area contributed by atoms with Gasteiger partial charge in [0, 0.05) is 31.7 Å². The molecule has 3 heterocycles. The van der Waals surface area contributed by atoms with E-state index in [4.69, 9.17) is 0 Å². The lowest BCUT2D eigenvalue weighted by molar-refractivity contribution is 0.0734. The summed E-state index contributed by atoms with van der Waals surface area (Å²) in [5.41, 5.74) is 0.442. The third-order valence-corrected chi connectivity index (χ3v) is 4.66. The molecule has 2 fully saturated rings. The SMILES string of the molecule is CCNc1cnc(C(=O)N2CCC3CCC(C2)N3C)cn1. The molecule has 2 unspecified atom stereocenters. The topological polar surface area (TPSA) is 61.4 Å². The summed E-state index contributed by atoms with van der Waals surface area (Å²) < 4.78 is 0. The number of aromatic nitrogens is 2. The van der Waals surface area contributed by atoms with Crippen molar-refractivity contribution >= 4 is 11.7 Å². The van der Waals surface area contributed by atoms with E-state index < -0.39 is 0 Å². The number of anilines is 1. The smallest absolute Gasteiger partial charge is 0.274 e. The summed E-state index contributed by atoms with van der Waals surface area (Å²) in [5, 5.41) is 3.09. The van der Waals surface area contributed by atoms with Crippen LogP contribution in [0.5, 0.6) is 0 Å². The Morgan fingerprint density at radius 3 is 2.81 bits per heavy atom. The summed E-state index contributed by atoms with van der Waals surface area (Å²) in [6, 6.07) is 1.13. The van der Waals surface area contributed by atoms with Gasteiger partial charge in [-0.15, -0.1) is 0 Å². The van der Waals surface area contributed by atoms with Gasteiger partial charge in [-0.25, -0.2) is 9.97 Å². The number of likely N-dealkylation sites (tertiary alicyclic amines) is 1. The molecule has 1 aromatic heterocycles. The fourth-order valence-electron chi connectivity index (χ4n) is 3.37. The van der Waals surface area contributed by atoms with Crippen LogP contribution >= 0.6 is 0 Å². The first kappa shape index (κ1) is 14.3. The minimum Gasteiger partial charge on any atom is -0.369 e. The van der Waals surface area contributed by atoms with Crippen molar-refractivity contribution in [1.82, 2.24) is 19.8 Å². The Hall–Kier alpha value is -1.69. The maximum Gasteiger partial charge on any atom is 0.274 e. The molecular weight excluding hydrogens is 266 g/mol. The maximum atomic E-state index is 12.6. The summed E-state index contributed by atoms with van der Waals surface area (Å²) >= 11 is 0. The molecule has 1 aromatic rings. The zero-order valence-corrected chi connectivity index (χ0v) is 12.7. The predicted molar refractivity (Wildman–Crippen MR) is 81.3 cm³/mol. The van der Waals surface area contributed by atoms with E-state index >= 15 is 0 Å². The fourth-order valence-corrected chi connectivity index (χ4v) is 3.37. The van der Waals surface area contributed by atoms with Crippen LogP contribution in [-0.4, -0.2) is 64.4 Å². The lowest BCUT2D eigenvalue weighted by Crippen LogP contribution is -2.40. The predicted octanol–water partition coefficient (Wildman–Crippen LogP) is 1.22. The molecule has 0 saturated carbocycles. The number of fused-ring (bicyclic) bond motifs is 2. The first-order chi connectivity index (χ1) is 10.2. The van der Waals surface area contributed by atoms with Gasteiger partial charge in [0.2, 0.25) is 0 Å². The molecule has 3 rings (SSSR count). The number of nitrogens with zero attached hydrogens (tertiary/aromatic N) is 4. The molecule has 0 spiro atoms. The van der Waals surface area contributed by atoms with Crippen molar-refractivity contribution in [3.63, 3.8) is 0 Å². The van der Waals surface area contributed by atoms with Crippen molar-refractivity contribution in [3.05, 3.63) is 18.1 Å². The van der Waals surface area contributed by atoms with Crippen LogP contribution in [0.25, 0.3) is 0 Å². The van der Waals surface area contributed by atoms with Gasteiger partial charge in [-0.05, 0) is 33.2 Å². The van der Waals surface area contributed by atoms with E-state index in [0.29, 0.717) is 23.6 Å². The molecular formula is C15H23N5O. The van der Waals surface area contributed by atoms with E-state index in [1.54, 1.807) is 12.4 Å². The second kappa shape index (κ2) is 5.97. The van der Waals surface area contributed by atoms with Crippen LogP contribution in [0, 0.1) is 0 Å². The third-order valence-electron chi connectivity index (χ3n) is 4.66. The molecule has 6 nitrogen and oxygen atoms in total. The van der Waals surface area contributed by atoms with Crippen LogP contribution < -0.4 is 5.32 Å². The van der Waals surface area contributed by atoms with Crippen molar-refractivity contribution in [2.24, 2.45) is 0 Å². The minimum absolute atomic E-state index is 0.00602. The fraction of sp³-hybridized carbons (Fsp3) is 0.667. The van der Waals surface area contributed by atoms with Crippen LogP contribution in [-0.2, 0) is 0 Å². The number of rotatable bonds is 3. The standard InChI is InChI=1S/C15H23N5O/c1-3-16-14-9-17-13(8-18-14)15(21)20-7-6-11-4-5-12(10-20)19(11)2/h8-9,11-12H,3-7,10H2,1-2H3,(H,16,18). The molecule has 0 aromatic carbocycles. The van der Waals surface area contributed by atoms with Crippen molar-refractivity contribution in [3.8, 4) is 0 Å². The van der Waals surface area contributed by atoms with E-state index in [1.807, 2.05) is 11.8 Å². The van der Waals surface area contributed by atoms with E-state index in [9.17, 15) is 4.79 Å². The minimum atomic E-state index is 0.00602. The van der Waals surface area contributed by atoms with Crippen LogP contribution in [0.4, 0.5) is 5.82 Å². The second-order valence-electron chi connectivity index (χ2n) is 5.91. The lowest BCUT2D eigenvalue weighted by atomic mass is 10.1. The van der Waals surface area contributed by atoms with Gasteiger partial charge in [0.05, 0.1) is 12.4 Å². The molecule has 2 aliphatic heterocycles. The number of amides is 1. The van der Waals surface area contributed by atoms with Gasteiger partial charge in [0.1, 0.15) is 11.5 Å². The number of nitrogens with one attached hydrogen (secondary N) is 1. The van der Waals surface area contributed by atoms with Crippen molar-refractivity contribution in [1.29, 1.82) is 0 Å². The summed E-state index contributed by atoms with van der Waals surface area (Å²) in [7, 11) is 2.18. The van der Waals surface area contributed by atoms with E-state index in [2.05, 4.69) is 27.2 Å². The third kappa shape index (κ3) is 2.85. The second-order valence-corrected chi connectivity index (χ2v) is 5.91. The summed E-state index contributed by atoms with van der Waals surface area (Å²) in [4.78, 5) is 25.5. The number of hydrogen-bond donors (Lipinski definition) is 1. The normalized spacial score (nSPS) is 25.7. The molecule has 6 heteroatoms. The van der Waals surface area contributed by atoms with Crippen LogP contribution in [0.3, 0.4) is 0 Å². The summed E-state index contributed by atoms with van der Waals surface area (Å²) in [6.07, 6.45) is 6.72. The van der Waals surface area contributed by atoms with Crippen LogP contribution in [0.2, 0.25) is 0 Å². The van der Waals surface area contributed by atoms with Gasteiger partial charge in [0.15, 0.2) is 0 Å². The number of carbonyl (C=O) groups is 1. The van der Waals surface area contributed by atoms with E-state index in [-0.39, 0.29) is 5.91 Å². The first-order valence-corrected chi connectivity index (χ1v) is 7.76. The average Bonchev–Trinajstić information content (AvgIpc) is 2.73. The Kier molecular flexibility index (Phi) is 4.05. The van der Waals surface area contributed by atoms with E-state index in [1.165, 1.54) is 12.8 Å². The molecule has 114 valence electrons. The molecule has 1 N–H and O–H groups in total. The van der Waals surface area contributed by atoms with Gasteiger partial charge >= 0.3 is 0 Å². The van der Waals surface area contributed by atoms with Gasteiger partial charge in [-0.2, -0.15) is 0 Å². The Morgan fingerprint density at radius 1 is 1.29 bits per heavy atom. The molecule has 2 saturated heterocycles. The average molecular weight is 289 g/mol. The first-order valence-electron chi connectivity index (χ1n) is 7.76. The Labute approximate surface area is 125 Å². The van der Waals surface area contributed by atoms with Crippen molar-refractivity contribution < 1.29 is 4.79 Å². The number of carbonyl (C=O) groups excluding carboxylic acids is 1. The highest BCUT2D eigenvalue weighted by Gasteiger charge is 2.36. The lowest BCUT2D eigenvalue weighted by Gasteiger charge is -2.25. The van der Waals surface area contributed by atoms with Crippen LogP contribution in [0.1, 0.15) is 36.7 Å².